The lowest BCUT2D eigenvalue weighted by molar-refractivity contribution is -0.137. The van der Waals surface area contributed by atoms with Crippen molar-refractivity contribution in [3.05, 3.63) is 53.7 Å². The number of piperidine rings is 1. The second-order valence-corrected chi connectivity index (χ2v) is 9.94. The molecule has 1 atom stereocenters. The van der Waals surface area contributed by atoms with E-state index in [9.17, 15) is 9.90 Å². The Kier molecular flexibility index (Phi) is 7.29. The summed E-state index contributed by atoms with van der Waals surface area (Å²) in [5.41, 5.74) is 0.928. The summed E-state index contributed by atoms with van der Waals surface area (Å²) in [5, 5.41) is 15.3. The fraction of sp³-hybridized carbons (Fsp3) is 0.348. The minimum absolute atomic E-state index is 0.128. The number of carboxylic acids is 1. The fourth-order valence-electron chi connectivity index (χ4n) is 3.62. The summed E-state index contributed by atoms with van der Waals surface area (Å²) in [5.74, 6) is 1.10. The van der Waals surface area contributed by atoms with Crippen LogP contribution in [0.3, 0.4) is 0 Å². The molecule has 2 aromatic heterocycles. The molecule has 0 amide bonds. The van der Waals surface area contributed by atoms with Gasteiger partial charge in [-0.1, -0.05) is 18.2 Å². The second-order valence-electron chi connectivity index (χ2n) is 7.87. The van der Waals surface area contributed by atoms with Gasteiger partial charge in [0.2, 0.25) is 0 Å². The monoisotopic (exact) mass is 470 g/mol. The Bertz CT molecular complexity index is 1050. The fourth-order valence-corrected chi connectivity index (χ4v) is 5.45. The van der Waals surface area contributed by atoms with E-state index in [0.717, 1.165) is 41.7 Å². The van der Waals surface area contributed by atoms with E-state index in [1.54, 1.807) is 6.20 Å². The van der Waals surface area contributed by atoms with Gasteiger partial charge in [0.15, 0.2) is 16.7 Å². The second kappa shape index (κ2) is 10.3. The number of carbonyl (C=O) groups is 1. The number of benzene rings is 1. The molecule has 2 N–H and O–H groups in total. The topological polar surface area (TPSA) is 87.6 Å². The van der Waals surface area contributed by atoms with Crippen LogP contribution in [0.5, 0.6) is 11.5 Å². The van der Waals surface area contributed by atoms with Crippen LogP contribution in [-0.4, -0.2) is 51.3 Å². The van der Waals surface area contributed by atoms with Crippen molar-refractivity contribution >= 4 is 40.0 Å². The smallest absolute Gasteiger partial charge is 0.317 e. The Balaban J connectivity index is 1.59. The number of ether oxygens (including phenoxy) is 1. The van der Waals surface area contributed by atoms with E-state index in [2.05, 4.69) is 27.2 Å². The number of para-hydroxylation sites is 1. The zero-order valence-corrected chi connectivity index (χ0v) is 19.7. The molecule has 9 heteroatoms. The molecule has 3 aromatic rings. The number of hydrogen-bond donors (Lipinski definition) is 2. The number of thioether (sulfide) groups is 1. The van der Waals surface area contributed by atoms with Gasteiger partial charge in [-0.3, -0.25) is 4.79 Å². The van der Waals surface area contributed by atoms with Gasteiger partial charge in [0.25, 0.3) is 0 Å². The lowest BCUT2D eigenvalue weighted by atomic mass is 9.93. The van der Waals surface area contributed by atoms with Crippen LogP contribution in [-0.2, 0) is 4.79 Å². The average molecular weight is 471 g/mol. The van der Waals surface area contributed by atoms with E-state index in [1.165, 1.54) is 23.1 Å². The first kappa shape index (κ1) is 22.6. The van der Waals surface area contributed by atoms with Gasteiger partial charge in [-0.2, -0.15) is 0 Å². The van der Waals surface area contributed by atoms with Crippen molar-refractivity contribution in [2.24, 2.45) is 5.92 Å². The standard InChI is InChI=1S/C23H26N4O3S2/c1-15-14-31-23(25-15)26-21-19(30-17-6-4-3-5-7-17)12-18(13-24-21)32-20(22(28)29)16-8-10-27(2)11-9-16/h3-7,12-14,16,20H,8-11H2,1-2H3,(H,28,29)(H,24,25,26). The van der Waals surface area contributed by atoms with Crippen LogP contribution >= 0.6 is 23.1 Å². The van der Waals surface area contributed by atoms with Crippen molar-refractivity contribution in [3.8, 4) is 11.5 Å². The summed E-state index contributed by atoms with van der Waals surface area (Å²) in [6.45, 7) is 3.78. The summed E-state index contributed by atoms with van der Waals surface area (Å²) in [4.78, 5) is 24.1. The van der Waals surface area contributed by atoms with Gasteiger partial charge < -0.3 is 20.1 Å². The Morgan fingerprint density at radius 1 is 1.31 bits per heavy atom. The maximum atomic E-state index is 12.1. The Morgan fingerprint density at radius 3 is 2.72 bits per heavy atom. The summed E-state index contributed by atoms with van der Waals surface area (Å²) in [7, 11) is 2.08. The van der Waals surface area contributed by atoms with E-state index in [1.807, 2.05) is 48.7 Å². The molecule has 1 unspecified atom stereocenters. The van der Waals surface area contributed by atoms with E-state index >= 15 is 0 Å². The SMILES string of the molecule is Cc1csc(Nc2ncc(SC(C(=O)O)C3CCN(C)CC3)cc2Oc2ccccc2)n1. The van der Waals surface area contributed by atoms with E-state index in [4.69, 9.17) is 4.74 Å². The first-order valence-corrected chi connectivity index (χ1v) is 12.2. The van der Waals surface area contributed by atoms with Crippen LogP contribution in [0.15, 0.2) is 52.9 Å². The summed E-state index contributed by atoms with van der Waals surface area (Å²) >= 11 is 2.84. The number of carboxylic acid groups (broad SMARTS) is 1. The van der Waals surface area contributed by atoms with Gasteiger partial charge in [-0.05, 0) is 64.0 Å². The van der Waals surface area contributed by atoms with Crippen LogP contribution in [0.25, 0.3) is 0 Å². The van der Waals surface area contributed by atoms with Gasteiger partial charge in [0, 0.05) is 16.5 Å². The Hall–Kier alpha value is -2.62. The Labute approximate surface area is 195 Å². The quantitative estimate of drug-likeness (QED) is 0.431. The number of aryl methyl sites for hydroxylation is 1. The van der Waals surface area contributed by atoms with Crippen molar-refractivity contribution in [1.82, 2.24) is 14.9 Å². The van der Waals surface area contributed by atoms with Crippen molar-refractivity contribution in [3.63, 3.8) is 0 Å². The average Bonchev–Trinajstić information content (AvgIpc) is 3.19. The Morgan fingerprint density at radius 2 is 2.06 bits per heavy atom. The molecule has 0 saturated carbocycles. The highest BCUT2D eigenvalue weighted by atomic mass is 32.2. The third-order valence-electron chi connectivity index (χ3n) is 5.34. The number of hydrogen-bond acceptors (Lipinski definition) is 8. The molecule has 4 rings (SSSR count). The number of nitrogens with one attached hydrogen (secondary N) is 1. The van der Waals surface area contributed by atoms with Crippen LogP contribution in [0.2, 0.25) is 0 Å². The molecule has 1 aliphatic heterocycles. The molecule has 1 aliphatic rings. The molecule has 1 saturated heterocycles. The van der Waals surface area contributed by atoms with Crippen molar-refractivity contribution in [1.29, 1.82) is 0 Å². The molecule has 0 bridgehead atoms. The largest absolute Gasteiger partial charge is 0.480 e. The third kappa shape index (κ3) is 5.79. The highest BCUT2D eigenvalue weighted by molar-refractivity contribution is 8.00. The number of aliphatic carboxylic acids is 1. The number of rotatable bonds is 8. The van der Waals surface area contributed by atoms with Gasteiger partial charge in [0.1, 0.15) is 11.0 Å². The van der Waals surface area contributed by atoms with Crippen LogP contribution in [0, 0.1) is 12.8 Å². The number of pyridine rings is 1. The van der Waals surface area contributed by atoms with Crippen LogP contribution in [0.1, 0.15) is 18.5 Å². The van der Waals surface area contributed by atoms with Gasteiger partial charge in [-0.15, -0.1) is 23.1 Å². The van der Waals surface area contributed by atoms with Crippen LogP contribution < -0.4 is 10.1 Å². The molecule has 0 aliphatic carbocycles. The van der Waals surface area contributed by atoms with Gasteiger partial charge in [-0.25, -0.2) is 9.97 Å². The molecule has 32 heavy (non-hydrogen) atoms. The molecule has 0 radical (unpaired) electrons. The van der Waals surface area contributed by atoms with Crippen molar-refractivity contribution in [2.75, 3.05) is 25.5 Å². The zero-order valence-electron chi connectivity index (χ0n) is 18.0. The van der Waals surface area contributed by atoms with E-state index < -0.39 is 11.2 Å². The van der Waals surface area contributed by atoms with E-state index in [-0.39, 0.29) is 5.92 Å². The minimum Gasteiger partial charge on any atom is -0.480 e. The summed E-state index contributed by atoms with van der Waals surface area (Å²) < 4.78 is 6.12. The first-order chi connectivity index (χ1) is 15.5. The minimum atomic E-state index is -0.782. The number of aromatic nitrogens is 2. The molecule has 0 spiro atoms. The summed E-state index contributed by atoms with van der Waals surface area (Å²) in [6, 6.07) is 11.3. The van der Waals surface area contributed by atoms with Gasteiger partial charge >= 0.3 is 5.97 Å². The highest BCUT2D eigenvalue weighted by Crippen LogP contribution is 2.38. The number of thiazole rings is 1. The number of nitrogens with zero attached hydrogens (tertiary/aromatic N) is 3. The molecular weight excluding hydrogens is 444 g/mol. The summed E-state index contributed by atoms with van der Waals surface area (Å²) in [6.07, 6.45) is 3.46. The maximum Gasteiger partial charge on any atom is 0.317 e. The number of anilines is 2. The lowest BCUT2D eigenvalue weighted by Gasteiger charge is -2.32. The molecule has 1 aromatic carbocycles. The van der Waals surface area contributed by atoms with Crippen LogP contribution in [0.4, 0.5) is 10.9 Å². The normalized spacial score (nSPS) is 15.9. The molecule has 1 fully saturated rings. The predicted molar refractivity (Wildman–Crippen MR) is 128 cm³/mol. The highest BCUT2D eigenvalue weighted by Gasteiger charge is 2.32. The van der Waals surface area contributed by atoms with E-state index in [0.29, 0.717) is 17.3 Å². The molecular formula is C23H26N4O3S2. The zero-order chi connectivity index (χ0) is 22.5. The van der Waals surface area contributed by atoms with Crippen molar-refractivity contribution in [2.45, 2.75) is 29.9 Å². The molecule has 168 valence electrons. The third-order valence-corrected chi connectivity index (χ3v) is 7.55. The van der Waals surface area contributed by atoms with Gasteiger partial charge in [0.05, 0.1) is 5.69 Å². The lowest BCUT2D eigenvalue weighted by Crippen LogP contribution is -2.37. The predicted octanol–water partition coefficient (Wildman–Crippen LogP) is 5.27. The molecule has 3 heterocycles. The maximum absolute atomic E-state index is 12.1. The number of likely N-dealkylation sites (tertiary alicyclic amines) is 1. The van der Waals surface area contributed by atoms with Crippen molar-refractivity contribution < 1.29 is 14.6 Å². The first-order valence-electron chi connectivity index (χ1n) is 10.5. The molecule has 7 nitrogen and oxygen atoms in total.